The molecule has 6 rings (SSSR count). The van der Waals surface area contributed by atoms with Crippen molar-refractivity contribution >= 4 is 23.9 Å². The van der Waals surface area contributed by atoms with E-state index in [9.17, 15) is 19.5 Å². The monoisotopic (exact) mass is 1300 g/mol. The number of hydrogen-bond donors (Lipinski definition) is 1. The summed E-state index contributed by atoms with van der Waals surface area (Å²) in [5, 5.41) is 12.3. The minimum atomic E-state index is -1.53. The van der Waals surface area contributed by atoms with Crippen LogP contribution in [0.4, 0.5) is 0 Å². The van der Waals surface area contributed by atoms with Gasteiger partial charge in [0, 0.05) is 24.7 Å². The minimum Gasteiger partial charge on any atom is -0.462 e. The van der Waals surface area contributed by atoms with Gasteiger partial charge in [-0.1, -0.05) is 312 Å². The fourth-order valence-corrected chi connectivity index (χ4v) is 19.6. The first-order valence-electron chi connectivity index (χ1n) is 40.5. The molecule has 0 aromatic heterocycles. The summed E-state index contributed by atoms with van der Waals surface area (Å²) < 4.78 is 31.5. The third-order valence-electron chi connectivity index (χ3n) is 25.9. The summed E-state index contributed by atoms with van der Waals surface area (Å²) in [6.45, 7) is 23.9. The van der Waals surface area contributed by atoms with Crippen LogP contribution in [0.3, 0.4) is 0 Å². The van der Waals surface area contributed by atoms with Crippen LogP contribution in [-0.4, -0.2) is 66.3 Å². The van der Waals surface area contributed by atoms with Crippen LogP contribution < -0.4 is 0 Å². The molecule has 0 radical (unpaired) electrons. The van der Waals surface area contributed by atoms with Gasteiger partial charge in [-0.25, -0.2) is 0 Å². The predicted molar refractivity (Wildman–Crippen MR) is 381 cm³/mol. The Kier molecular flexibility index (Phi) is 34.7. The summed E-state index contributed by atoms with van der Waals surface area (Å²) in [4.78, 5) is 56.3. The number of esters is 4. The molecule has 1 N–H and O–H groups in total. The van der Waals surface area contributed by atoms with Crippen molar-refractivity contribution in [3.8, 4) is 0 Å². The first-order valence-corrected chi connectivity index (χ1v) is 40.5. The lowest BCUT2D eigenvalue weighted by Crippen LogP contribution is -2.65. The molecule has 0 amide bonds. The molecule has 0 aromatic carbocycles. The van der Waals surface area contributed by atoms with Gasteiger partial charge in [0.05, 0.1) is 12.0 Å². The Morgan fingerprint density at radius 3 is 1.32 bits per heavy atom. The first-order chi connectivity index (χ1) is 44.7. The topological polar surface area (TPSA) is 135 Å². The van der Waals surface area contributed by atoms with Crippen molar-refractivity contribution in [3.05, 3.63) is 11.6 Å². The van der Waals surface area contributed by atoms with Gasteiger partial charge in [0.15, 0.2) is 18.3 Å². The van der Waals surface area contributed by atoms with Gasteiger partial charge < -0.3 is 28.8 Å². The van der Waals surface area contributed by atoms with Crippen molar-refractivity contribution in [1.29, 1.82) is 0 Å². The highest BCUT2D eigenvalue weighted by atomic mass is 16.7. The van der Waals surface area contributed by atoms with Gasteiger partial charge in [0.25, 0.3) is 0 Å². The summed E-state index contributed by atoms with van der Waals surface area (Å²) in [6.07, 6.45) is 55.5. The second kappa shape index (κ2) is 40.6. The van der Waals surface area contributed by atoms with Gasteiger partial charge >= 0.3 is 23.9 Å². The maximum Gasteiger partial charge on any atom is 0.315 e. The molecule has 10 nitrogen and oxygen atoms in total. The largest absolute Gasteiger partial charge is 0.462 e. The van der Waals surface area contributed by atoms with Crippen LogP contribution in [0, 0.1) is 50.2 Å². The normalized spacial score (nSPS) is 30.2. The first kappa shape index (κ1) is 79.5. The number of rotatable bonds is 47. The maximum absolute atomic E-state index is 15.5. The highest BCUT2D eigenvalue weighted by Crippen LogP contribution is 2.76. The fraction of sp³-hybridized carbons (Fsp3) is 0.928. The summed E-state index contributed by atoms with van der Waals surface area (Å²) in [7, 11) is 0. The third kappa shape index (κ3) is 23.0. The van der Waals surface area contributed by atoms with Crippen LogP contribution in [-0.2, 0) is 42.9 Å². The van der Waals surface area contributed by atoms with E-state index in [1.165, 1.54) is 198 Å². The summed E-state index contributed by atoms with van der Waals surface area (Å²) in [5.74, 6) is -0.353. The second-order valence-corrected chi connectivity index (χ2v) is 33.8. The van der Waals surface area contributed by atoms with Gasteiger partial charge in [0.1, 0.15) is 6.10 Å². The number of allylic oxidation sites excluding steroid dienone is 2. The zero-order valence-electron chi connectivity index (χ0n) is 62.3. The number of aliphatic hydroxyl groups is 1. The lowest BCUT2D eigenvalue weighted by atomic mass is 9.33. The average Bonchev–Trinajstić information content (AvgIpc) is 0.675. The molecule has 0 unspecified atom stereocenters. The molecule has 6 aliphatic rings. The molecule has 93 heavy (non-hydrogen) atoms. The Hall–Kier alpha value is -2.46. The van der Waals surface area contributed by atoms with E-state index in [-0.39, 0.29) is 70.5 Å². The van der Waals surface area contributed by atoms with E-state index >= 15 is 4.79 Å². The number of ether oxygens (including phenoxy) is 5. The van der Waals surface area contributed by atoms with Gasteiger partial charge in [-0.15, -0.1) is 0 Å². The number of carbonyl (C=O) groups is 4. The van der Waals surface area contributed by atoms with Crippen molar-refractivity contribution in [2.24, 2.45) is 50.2 Å². The number of hydrogen-bond acceptors (Lipinski definition) is 10. The average molecular weight is 1300 g/mol. The van der Waals surface area contributed by atoms with E-state index in [1.54, 1.807) is 0 Å². The molecule has 1 aliphatic heterocycles. The van der Waals surface area contributed by atoms with E-state index < -0.39 is 42.0 Å². The molecule has 4 saturated carbocycles. The zero-order chi connectivity index (χ0) is 67.2. The van der Waals surface area contributed by atoms with Crippen molar-refractivity contribution < 1.29 is 48.0 Å². The Balaban J connectivity index is 1.05. The van der Waals surface area contributed by atoms with Gasteiger partial charge in [-0.05, 0) is 123 Å². The van der Waals surface area contributed by atoms with Crippen LogP contribution in [0.5, 0.6) is 0 Å². The summed E-state index contributed by atoms with van der Waals surface area (Å²) in [5.41, 5.74) is 0.422. The van der Waals surface area contributed by atoms with E-state index in [2.05, 4.69) is 75.3 Å². The third-order valence-corrected chi connectivity index (χ3v) is 25.9. The highest BCUT2D eigenvalue weighted by molar-refractivity contribution is 5.79. The highest BCUT2D eigenvalue weighted by Gasteiger charge is 2.70. The molecule has 5 fully saturated rings. The van der Waals surface area contributed by atoms with Crippen molar-refractivity contribution in [3.63, 3.8) is 0 Å². The Morgan fingerprint density at radius 1 is 0.462 bits per heavy atom. The predicted octanol–water partition coefficient (Wildman–Crippen LogP) is 23.2. The van der Waals surface area contributed by atoms with E-state index in [0.29, 0.717) is 43.9 Å². The Morgan fingerprint density at radius 2 is 0.871 bits per heavy atom. The molecule has 1 saturated heterocycles. The molecule has 0 aromatic rings. The van der Waals surface area contributed by atoms with Crippen LogP contribution in [0.25, 0.3) is 0 Å². The number of fused-ring (bicyclic) bond motifs is 7. The van der Waals surface area contributed by atoms with Gasteiger partial charge in [-0.3, -0.25) is 19.2 Å². The van der Waals surface area contributed by atoms with Crippen molar-refractivity contribution in [2.45, 2.75) is 434 Å². The quantitative estimate of drug-likeness (QED) is 0.0272. The van der Waals surface area contributed by atoms with E-state index in [0.717, 1.165) is 96.3 Å². The molecule has 0 spiro atoms. The number of unbranched alkanes of at least 4 members (excludes halogenated alkanes) is 36. The lowest BCUT2D eigenvalue weighted by Gasteiger charge is -2.71. The van der Waals surface area contributed by atoms with E-state index in [1.807, 2.05) is 0 Å². The summed E-state index contributed by atoms with van der Waals surface area (Å²) >= 11 is 0. The number of carbonyl (C=O) groups excluding carboxylic acids is 4. The molecule has 1 heterocycles. The molecular weight excluding hydrogens is 1160 g/mol. The van der Waals surface area contributed by atoms with Gasteiger partial charge in [0.2, 0.25) is 6.29 Å². The van der Waals surface area contributed by atoms with Crippen molar-refractivity contribution in [2.75, 3.05) is 6.61 Å². The molecule has 0 bridgehead atoms. The molecule has 12 atom stereocenters. The second-order valence-electron chi connectivity index (χ2n) is 33.8. The van der Waals surface area contributed by atoms with Crippen molar-refractivity contribution in [1.82, 2.24) is 0 Å². The fourth-order valence-electron chi connectivity index (χ4n) is 19.6. The van der Waals surface area contributed by atoms with Crippen LogP contribution in [0.15, 0.2) is 11.6 Å². The number of aliphatic hydroxyl groups excluding tert-OH is 1. The molecular formula is C83H146O10. The van der Waals surface area contributed by atoms with Gasteiger partial charge in [-0.2, -0.15) is 0 Å². The lowest BCUT2D eigenvalue weighted by molar-refractivity contribution is -0.276. The maximum atomic E-state index is 15.5. The molecule has 538 valence electrons. The minimum absolute atomic E-state index is 0.000328. The molecule has 10 heteroatoms. The Bertz CT molecular complexity index is 2180. The standard InChI is InChI=1S/C83H146O10/c1-11-14-17-20-23-26-29-32-35-38-41-44-47-50-71(84)90-67-64-89-76(74(87)75(67)92-73(86)52-49-46-43-40-37-34-31-28-25-22-19-16-13-3)93-77(88)83-61-59-78(4,5)63-66(83)65-53-54-69-80(8)57-56-70(79(6,7)68(80)55-58-82(69,10)81(65,9)60-62-83)91-72(85)51-48-45-42-39-36-33-30-27-24-21-18-15-12-2/h53,66-70,74-76,87H,11-52,54-64H2,1-10H3/t66-,67-,68-,69+,70+,74+,75-,76-,80+,81+,82+,83-/m0/s1. The van der Waals surface area contributed by atoms with Crippen LogP contribution >= 0.6 is 0 Å². The SMILES string of the molecule is CCCCCCCCCCCCCCCC(=O)O[C@@H]1[C@@H](O)[C@H](OC(=O)[C@]23CCC(C)(C)C[C@H]2C2=CC[C@@H]4[C@]5(C)CC[C@@H](OC(=O)CCCCCCCCCCCCCCC)C(C)(C)[C@@H]5CC[C@@]4(C)[C@]2(C)CC3)OC[C@@H]1OC(=O)CCCCCCCCCCCCCCC. The van der Waals surface area contributed by atoms with Crippen LogP contribution in [0.1, 0.15) is 403 Å². The van der Waals surface area contributed by atoms with Crippen LogP contribution in [0.2, 0.25) is 0 Å². The molecule has 5 aliphatic carbocycles. The summed E-state index contributed by atoms with van der Waals surface area (Å²) in [6, 6.07) is 0. The van der Waals surface area contributed by atoms with E-state index in [4.69, 9.17) is 23.7 Å². The zero-order valence-corrected chi connectivity index (χ0v) is 62.3. The Labute approximate surface area is 571 Å². The smallest absolute Gasteiger partial charge is 0.315 e.